The maximum Gasteiger partial charge on any atom is 0.337 e. The van der Waals surface area contributed by atoms with Gasteiger partial charge >= 0.3 is 6.03 Å². The van der Waals surface area contributed by atoms with Gasteiger partial charge in [0.05, 0.1) is 0 Å². The van der Waals surface area contributed by atoms with Crippen molar-refractivity contribution in [3.8, 4) is 0 Å². The first-order chi connectivity index (χ1) is 6.75. The molecule has 0 saturated heterocycles. The van der Waals surface area contributed by atoms with E-state index in [1.807, 2.05) is 36.4 Å². The van der Waals surface area contributed by atoms with Crippen LogP contribution in [0.1, 0.15) is 0 Å². The average molecular weight is 185 g/mol. The molecule has 0 aliphatic carbocycles. The minimum Gasteiger partial charge on any atom is -0.307 e. The summed E-state index contributed by atoms with van der Waals surface area (Å²) >= 11 is 0. The molecular formula is C11H9N2O. The molecule has 2 aromatic rings. The summed E-state index contributed by atoms with van der Waals surface area (Å²) in [6, 6.07) is 12.6. The summed E-state index contributed by atoms with van der Waals surface area (Å²) in [5.41, 5.74) is 7.43. The molecule has 0 fully saturated rings. The van der Waals surface area contributed by atoms with E-state index in [9.17, 15) is 4.79 Å². The van der Waals surface area contributed by atoms with Gasteiger partial charge in [-0.05, 0) is 22.9 Å². The van der Waals surface area contributed by atoms with Crippen LogP contribution in [-0.2, 0) is 0 Å². The highest BCUT2D eigenvalue weighted by Gasteiger charge is 1.97. The fourth-order valence-corrected chi connectivity index (χ4v) is 1.40. The number of anilines is 1. The fourth-order valence-electron chi connectivity index (χ4n) is 1.40. The van der Waals surface area contributed by atoms with E-state index in [1.54, 1.807) is 6.07 Å². The van der Waals surface area contributed by atoms with Gasteiger partial charge in [-0.25, -0.2) is 10.5 Å². The molecule has 0 saturated carbocycles. The molecule has 14 heavy (non-hydrogen) atoms. The van der Waals surface area contributed by atoms with Gasteiger partial charge in [-0.15, -0.1) is 0 Å². The Labute approximate surface area is 81.5 Å². The molecule has 0 aliphatic rings. The van der Waals surface area contributed by atoms with E-state index in [4.69, 9.17) is 5.73 Å². The van der Waals surface area contributed by atoms with E-state index in [2.05, 4.69) is 5.32 Å². The van der Waals surface area contributed by atoms with Crippen LogP contribution >= 0.6 is 0 Å². The molecule has 0 heterocycles. The van der Waals surface area contributed by atoms with Crippen LogP contribution < -0.4 is 11.1 Å². The molecule has 3 heteroatoms. The molecule has 0 aliphatic heterocycles. The normalized spacial score (nSPS) is 10.0. The predicted molar refractivity (Wildman–Crippen MR) is 56.1 cm³/mol. The van der Waals surface area contributed by atoms with Crippen molar-refractivity contribution in [3.63, 3.8) is 0 Å². The number of carbonyl (C=O) groups excluding carboxylic acids is 1. The summed E-state index contributed by atoms with van der Waals surface area (Å²) in [4.78, 5) is 10.5. The molecule has 2 amide bonds. The smallest absolute Gasteiger partial charge is 0.307 e. The highest BCUT2D eigenvalue weighted by Crippen LogP contribution is 2.18. The lowest BCUT2D eigenvalue weighted by Gasteiger charge is -2.02. The summed E-state index contributed by atoms with van der Waals surface area (Å²) in [6.45, 7) is 0. The molecular weight excluding hydrogens is 176 g/mol. The second-order valence-electron chi connectivity index (χ2n) is 3.02. The molecule has 0 aromatic heterocycles. The third kappa shape index (κ3) is 1.66. The number of urea groups is 1. The van der Waals surface area contributed by atoms with Crippen LogP contribution in [0.2, 0.25) is 0 Å². The zero-order valence-corrected chi connectivity index (χ0v) is 7.45. The minimum absolute atomic E-state index is 0.656. The average Bonchev–Trinajstić information content (AvgIpc) is 2.17. The Balaban J connectivity index is 2.46. The minimum atomic E-state index is -0.791. The van der Waals surface area contributed by atoms with E-state index in [0.717, 1.165) is 10.8 Å². The molecule has 2 aromatic carbocycles. The van der Waals surface area contributed by atoms with Gasteiger partial charge in [0.1, 0.15) is 0 Å². The third-order valence-corrected chi connectivity index (χ3v) is 2.01. The lowest BCUT2D eigenvalue weighted by atomic mass is 10.1. The molecule has 0 atom stereocenters. The first-order valence-corrected chi connectivity index (χ1v) is 4.27. The van der Waals surface area contributed by atoms with Crippen LogP contribution in [0.3, 0.4) is 0 Å². The number of hydrogen-bond donors (Lipinski definition) is 1. The molecule has 1 radical (unpaired) electrons. The number of hydrogen-bond acceptors (Lipinski definition) is 1. The van der Waals surface area contributed by atoms with Crippen molar-refractivity contribution in [2.45, 2.75) is 0 Å². The van der Waals surface area contributed by atoms with Gasteiger partial charge in [0.15, 0.2) is 0 Å². The van der Waals surface area contributed by atoms with Crippen molar-refractivity contribution in [1.29, 1.82) is 0 Å². The van der Waals surface area contributed by atoms with Gasteiger partial charge in [0.2, 0.25) is 0 Å². The van der Waals surface area contributed by atoms with E-state index < -0.39 is 6.03 Å². The number of carbonyl (C=O) groups is 1. The second-order valence-corrected chi connectivity index (χ2v) is 3.02. The lowest BCUT2D eigenvalue weighted by Crippen LogP contribution is -2.08. The van der Waals surface area contributed by atoms with Crippen molar-refractivity contribution in [1.82, 2.24) is 5.73 Å². The first-order valence-electron chi connectivity index (χ1n) is 4.27. The Morgan fingerprint density at radius 1 is 1.07 bits per heavy atom. The number of rotatable bonds is 1. The highest BCUT2D eigenvalue weighted by atomic mass is 16.2. The topological polar surface area (TPSA) is 52.9 Å². The van der Waals surface area contributed by atoms with Crippen molar-refractivity contribution < 1.29 is 4.79 Å². The van der Waals surface area contributed by atoms with E-state index in [0.29, 0.717) is 5.69 Å². The Bertz CT molecular complexity index is 479. The Morgan fingerprint density at radius 3 is 2.50 bits per heavy atom. The van der Waals surface area contributed by atoms with Gasteiger partial charge in [-0.1, -0.05) is 30.3 Å². The summed E-state index contributed by atoms with van der Waals surface area (Å²) in [6.07, 6.45) is 0. The van der Waals surface area contributed by atoms with E-state index >= 15 is 0 Å². The number of nitrogens with one attached hydrogen (secondary N) is 2. The quantitative estimate of drug-likeness (QED) is 0.729. The van der Waals surface area contributed by atoms with Gasteiger partial charge in [0, 0.05) is 5.69 Å². The Morgan fingerprint density at radius 2 is 1.79 bits per heavy atom. The van der Waals surface area contributed by atoms with Crippen molar-refractivity contribution in [2.75, 3.05) is 5.32 Å². The summed E-state index contributed by atoms with van der Waals surface area (Å²) in [5.74, 6) is 0. The van der Waals surface area contributed by atoms with Gasteiger partial charge < -0.3 is 5.32 Å². The van der Waals surface area contributed by atoms with Crippen LogP contribution in [0.25, 0.3) is 10.8 Å². The SMILES string of the molecule is [NH]C(=O)Nc1ccc2ccccc2c1. The van der Waals surface area contributed by atoms with Crippen molar-refractivity contribution in [2.24, 2.45) is 0 Å². The molecule has 0 bridgehead atoms. The van der Waals surface area contributed by atoms with Gasteiger partial charge in [0.25, 0.3) is 0 Å². The monoisotopic (exact) mass is 185 g/mol. The maximum atomic E-state index is 10.5. The second kappa shape index (κ2) is 3.38. The number of amides is 2. The van der Waals surface area contributed by atoms with Crippen molar-refractivity contribution in [3.05, 3.63) is 42.5 Å². The van der Waals surface area contributed by atoms with Crippen LogP contribution in [-0.4, -0.2) is 6.03 Å². The molecule has 69 valence electrons. The Hall–Kier alpha value is -2.03. The summed E-state index contributed by atoms with van der Waals surface area (Å²) < 4.78 is 0. The van der Waals surface area contributed by atoms with Crippen LogP contribution in [0.5, 0.6) is 0 Å². The largest absolute Gasteiger partial charge is 0.337 e. The fraction of sp³-hybridized carbons (Fsp3) is 0. The maximum absolute atomic E-state index is 10.5. The highest BCUT2D eigenvalue weighted by molar-refractivity contribution is 5.92. The zero-order valence-electron chi connectivity index (χ0n) is 7.45. The predicted octanol–water partition coefficient (Wildman–Crippen LogP) is 2.65. The third-order valence-electron chi connectivity index (χ3n) is 2.01. The summed E-state index contributed by atoms with van der Waals surface area (Å²) in [5, 5.41) is 4.60. The van der Waals surface area contributed by atoms with Crippen LogP contribution in [0, 0.1) is 0 Å². The van der Waals surface area contributed by atoms with E-state index in [1.165, 1.54) is 0 Å². The lowest BCUT2D eigenvalue weighted by molar-refractivity contribution is 0.258. The molecule has 3 nitrogen and oxygen atoms in total. The van der Waals surface area contributed by atoms with Gasteiger partial charge in [-0.2, -0.15) is 0 Å². The van der Waals surface area contributed by atoms with Crippen LogP contribution in [0.15, 0.2) is 42.5 Å². The molecule has 0 spiro atoms. The first kappa shape index (κ1) is 8.56. The summed E-state index contributed by atoms with van der Waals surface area (Å²) in [7, 11) is 0. The van der Waals surface area contributed by atoms with Gasteiger partial charge in [-0.3, -0.25) is 0 Å². The van der Waals surface area contributed by atoms with Crippen molar-refractivity contribution >= 4 is 22.5 Å². The standard InChI is InChI=1S/C11H9N2O/c12-11(14)13-10-6-5-8-3-1-2-4-9(8)7-10/h1-7,12H,(H,13,14). The zero-order chi connectivity index (χ0) is 9.97. The molecule has 2 N–H and O–H groups in total. The Kier molecular flexibility index (Phi) is 2.07. The molecule has 0 unspecified atom stereocenters. The number of fused-ring (bicyclic) bond motifs is 1. The van der Waals surface area contributed by atoms with Crippen LogP contribution in [0.4, 0.5) is 10.5 Å². The van der Waals surface area contributed by atoms with E-state index in [-0.39, 0.29) is 0 Å². The number of benzene rings is 2. The molecule has 2 rings (SSSR count).